The Balaban J connectivity index is 0. The van der Waals surface area contributed by atoms with Crippen molar-refractivity contribution >= 4 is 5.97 Å². The van der Waals surface area contributed by atoms with Crippen LogP contribution in [0.3, 0.4) is 0 Å². The maximum absolute atomic E-state index is 10.0. The highest BCUT2D eigenvalue weighted by Crippen LogP contribution is 2.11. The van der Waals surface area contributed by atoms with Crippen molar-refractivity contribution in [1.82, 2.24) is 0 Å². The normalized spacial score (nSPS) is 11.7. The Bertz CT molecular complexity index is 175. The number of hydrogen-bond donors (Lipinski definition) is 1. The van der Waals surface area contributed by atoms with E-state index in [4.69, 9.17) is 5.11 Å². The van der Waals surface area contributed by atoms with E-state index in [9.17, 15) is 4.79 Å². The summed E-state index contributed by atoms with van der Waals surface area (Å²) in [6.07, 6.45) is 2.67. The predicted molar refractivity (Wildman–Crippen MR) is 64.9 cm³/mol. The van der Waals surface area contributed by atoms with Gasteiger partial charge >= 0.3 is 5.97 Å². The first-order valence-corrected chi connectivity index (χ1v) is 5.54. The van der Waals surface area contributed by atoms with Crippen LogP contribution in [0.5, 0.6) is 0 Å². The first-order valence-electron chi connectivity index (χ1n) is 5.54. The summed E-state index contributed by atoms with van der Waals surface area (Å²) in [4.78, 5) is 10.0. The maximum atomic E-state index is 10.0. The van der Waals surface area contributed by atoms with Gasteiger partial charge in [0.15, 0.2) is 0 Å². The van der Waals surface area contributed by atoms with Gasteiger partial charge in [0.1, 0.15) is 0 Å². The Hall–Kier alpha value is -0.570. The summed E-state index contributed by atoms with van der Waals surface area (Å²) in [6.45, 7) is 8.52. The molecule has 0 aromatic rings. The summed E-state index contributed by atoms with van der Waals surface area (Å²) in [6, 6.07) is 0. The molecule has 0 spiro atoms. The zero-order valence-corrected chi connectivity index (χ0v) is 11.4. The number of quaternary nitrogens is 1. The number of nitrogens with zero attached hydrogens (tertiary/aromatic N) is 1. The molecular weight excluding hydrogens is 190 g/mol. The third-order valence-electron chi connectivity index (χ3n) is 1.82. The average Bonchev–Trinajstić information content (AvgIpc) is 1.98. The van der Waals surface area contributed by atoms with Gasteiger partial charge < -0.3 is 9.59 Å². The summed E-state index contributed by atoms with van der Waals surface area (Å²) in [5.41, 5.74) is -0.583. The second-order valence-electron chi connectivity index (χ2n) is 5.92. The largest absolute Gasteiger partial charge is 0.481 e. The Morgan fingerprint density at radius 2 is 1.53 bits per heavy atom. The zero-order chi connectivity index (χ0) is 12.7. The van der Waals surface area contributed by atoms with Gasteiger partial charge in [-0.3, -0.25) is 4.79 Å². The van der Waals surface area contributed by atoms with Gasteiger partial charge in [-0.1, -0.05) is 13.3 Å². The highest BCUT2D eigenvalue weighted by atomic mass is 16.4. The molecule has 3 heteroatoms. The Morgan fingerprint density at radius 1 is 1.20 bits per heavy atom. The topological polar surface area (TPSA) is 37.3 Å². The standard InChI is InChI=1S/C7H18N.C5H10O2/c1-5-6-7-8(2,3)4;1-5(2,3)4(6)7/h5-7H2,1-4H3;1-3H3,(H,6,7)/q+1;. The molecule has 1 N–H and O–H groups in total. The third-order valence-corrected chi connectivity index (χ3v) is 1.82. The highest BCUT2D eigenvalue weighted by molar-refractivity contribution is 5.72. The molecular formula is C12H28NO2+. The quantitative estimate of drug-likeness (QED) is 0.739. The number of aliphatic carboxylic acids is 1. The number of rotatable bonds is 3. The van der Waals surface area contributed by atoms with Crippen LogP contribution >= 0.6 is 0 Å². The Morgan fingerprint density at radius 3 is 1.60 bits per heavy atom. The monoisotopic (exact) mass is 218 g/mol. The number of carbonyl (C=O) groups is 1. The molecule has 0 bridgehead atoms. The van der Waals surface area contributed by atoms with Gasteiger partial charge in [-0.2, -0.15) is 0 Å². The molecule has 0 atom stereocenters. The molecule has 0 aromatic carbocycles. The van der Waals surface area contributed by atoms with E-state index in [-0.39, 0.29) is 0 Å². The van der Waals surface area contributed by atoms with Gasteiger partial charge in [-0.05, 0) is 27.2 Å². The summed E-state index contributed by atoms with van der Waals surface area (Å²) in [5.74, 6) is -0.757. The molecule has 0 rings (SSSR count). The smallest absolute Gasteiger partial charge is 0.308 e. The lowest BCUT2D eigenvalue weighted by Crippen LogP contribution is -2.35. The molecule has 0 aliphatic carbocycles. The fraction of sp³-hybridized carbons (Fsp3) is 0.917. The molecule has 0 aliphatic heterocycles. The molecule has 92 valence electrons. The molecule has 0 radical (unpaired) electrons. The van der Waals surface area contributed by atoms with Crippen LogP contribution in [0, 0.1) is 5.41 Å². The van der Waals surface area contributed by atoms with E-state index in [0.29, 0.717) is 0 Å². The van der Waals surface area contributed by atoms with Gasteiger partial charge in [-0.25, -0.2) is 0 Å². The Labute approximate surface area is 94.7 Å². The number of unbranched alkanes of at least 4 members (excludes halogenated alkanes) is 1. The van der Waals surface area contributed by atoms with Crippen molar-refractivity contribution < 1.29 is 14.4 Å². The zero-order valence-electron chi connectivity index (χ0n) is 11.4. The van der Waals surface area contributed by atoms with Crippen LogP contribution in [0.2, 0.25) is 0 Å². The van der Waals surface area contributed by atoms with E-state index < -0.39 is 11.4 Å². The number of hydrogen-bond acceptors (Lipinski definition) is 1. The lowest BCUT2D eigenvalue weighted by atomic mass is 9.98. The maximum Gasteiger partial charge on any atom is 0.308 e. The van der Waals surface area contributed by atoms with E-state index >= 15 is 0 Å². The summed E-state index contributed by atoms with van der Waals surface area (Å²) in [5, 5.41) is 8.25. The molecule has 0 unspecified atom stereocenters. The number of carboxylic acid groups (broad SMARTS) is 1. The Kier molecular flexibility index (Phi) is 7.67. The van der Waals surface area contributed by atoms with Gasteiger partial charge in [0.25, 0.3) is 0 Å². The van der Waals surface area contributed by atoms with Crippen molar-refractivity contribution in [1.29, 1.82) is 0 Å². The van der Waals surface area contributed by atoms with E-state index in [1.165, 1.54) is 19.4 Å². The number of carboxylic acids is 1. The predicted octanol–water partition coefficient (Wildman–Crippen LogP) is 2.61. The van der Waals surface area contributed by atoms with Gasteiger partial charge in [-0.15, -0.1) is 0 Å². The molecule has 0 amide bonds. The minimum atomic E-state index is -0.757. The van der Waals surface area contributed by atoms with E-state index in [1.807, 2.05) is 0 Å². The molecule has 3 nitrogen and oxygen atoms in total. The average molecular weight is 218 g/mol. The lowest BCUT2D eigenvalue weighted by Gasteiger charge is -2.23. The fourth-order valence-electron chi connectivity index (χ4n) is 0.632. The highest BCUT2D eigenvalue weighted by Gasteiger charge is 2.18. The first-order chi connectivity index (χ1) is 6.50. The van der Waals surface area contributed by atoms with Crippen molar-refractivity contribution in [3.05, 3.63) is 0 Å². The third kappa shape index (κ3) is 16.1. The van der Waals surface area contributed by atoms with Crippen LogP contribution < -0.4 is 0 Å². The van der Waals surface area contributed by atoms with Crippen LogP contribution in [-0.2, 0) is 4.79 Å². The van der Waals surface area contributed by atoms with Crippen molar-refractivity contribution in [3.63, 3.8) is 0 Å². The van der Waals surface area contributed by atoms with Crippen LogP contribution in [0.25, 0.3) is 0 Å². The molecule has 0 saturated heterocycles. The van der Waals surface area contributed by atoms with E-state index in [2.05, 4.69) is 28.1 Å². The van der Waals surface area contributed by atoms with Crippen LogP contribution in [0.4, 0.5) is 0 Å². The lowest BCUT2D eigenvalue weighted by molar-refractivity contribution is -0.870. The molecule has 0 aliphatic rings. The fourth-order valence-corrected chi connectivity index (χ4v) is 0.632. The first kappa shape index (κ1) is 16.8. The van der Waals surface area contributed by atoms with E-state index in [0.717, 1.165) is 4.48 Å². The van der Waals surface area contributed by atoms with Gasteiger partial charge in [0, 0.05) is 0 Å². The van der Waals surface area contributed by atoms with Crippen molar-refractivity contribution in [2.24, 2.45) is 5.41 Å². The van der Waals surface area contributed by atoms with Crippen molar-refractivity contribution in [2.75, 3.05) is 27.7 Å². The second kappa shape index (κ2) is 6.83. The van der Waals surface area contributed by atoms with Crippen molar-refractivity contribution in [3.8, 4) is 0 Å². The van der Waals surface area contributed by atoms with Crippen LogP contribution in [0.1, 0.15) is 40.5 Å². The van der Waals surface area contributed by atoms with Crippen molar-refractivity contribution in [2.45, 2.75) is 40.5 Å². The molecule has 0 heterocycles. The minimum Gasteiger partial charge on any atom is -0.481 e. The second-order valence-corrected chi connectivity index (χ2v) is 5.92. The van der Waals surface area contributed by atoms with E-state index in [1.54, 1.807) is 20.8 Å². The molecule has 0 fully saturated rings. The summed E-state index contributed by atoms with van der Waals surface area (Å²) >= 11 is 0. The molecule has 0 saturated carbocycles. The van der Waals surface area contributed by atoms with Gasteiger partial charge in [0.2, 0.25) is 0 Å². The molecule has 0 aromatic heterocycles. The van der Waals surface area contributed by atoms with Crippen LogP contribution in [-0.4, -0.2) is 43.2 Å². The molecule has 15 heavy (non-hydrogen) atoms. The summed E-state index contributed by atoms with van der Waals surface area (Å²) < 4.78 is 1.10. The van der Waals surface area contributed by atoms with Gasteiger partial charge in [0.05, 0.1) is 33.1 Å². The summed E-state index contributed by atoms with van der Waals surface area (Å²) in [7, 11) is 6.70. The minimum absolute atomic E-state index is 0.583. The van der Waals surface area contributed by atoms with Crippen LogP contribution in [0.15, 0.2) is 0 Å². The SMILES string of the molecule is CC(C)(C)C(=O)O.CCCC[N+](C)(C)C.